The third-order valence-corrected chi connectivity index (χ3v) is 2.19. The summed E-state index contributed by atoms with van der Waals surface area (Å²) in [5.74, 6) is 0.455. The van der Waals surface area contributed by atoms with E-state index < -0.39 is 0 Å². The van der Waals surface area contributed by atoms with Crippen molar-refractivity contribution in [2.45, 2.75) is 20.3 Å². The number of nitrogen functional groups attached to an aromatic ring is 2. The zero-order chi connectivity index (χ0) is 10.3. The predicted molar refractivity (Wildman–Crippen MR) is 61.0 cm³/mol. The Labute approximate surface area is 93.1 Å². The Kier molecular flexibility index (Phi) is 2.99. The number of aryl methyl sites for hydroxylation is 2. The van der Waals surface area contributed by atoms with Gasteiger partial charge in [0.25, 0.3) is 0 Å². The molecule has 0 spiro atoms. The maximum atomic E-state index is 5.66. The number of nitrogens with two attached hydrogens (primary N) is 2. The first-order valence-corrected chi connectivity index (χ1v) is 4.40. The van der Waals surface area contributed by atoms with Gasteiger partial charge in [0.15, 0.2) is 5.65 Å². The fraction of sp³-hybridized carbons (Fsp3) is 0.375. The lowest BCUT2D eigenvalue weighted by atomic mass is 10.2. The molecule has 0 fully saturated rings. The Morgan fingerprint density at radius 2 is 1.93 bits per heavy atom. The molecule has 6 nitrogen and oxygen atoms in total. The molecule has 0 aliphatic rings. The minimum atomic E-state index is 0. The van der Waals surface area contributed by atoms with Crippen molar-refractivity contribution < 1.29 is 0 Å². The highest BCUT2D eigenvalue weighted by molar-refractivity contribution is 5.85. The van der Waals surface area contributed by atoms with Gasteiger partial charge in [-0.05, 0) is 13.3 Å². The second-order valence-electron chi connectivity index (χ2n) is 3.10. The van der Waals surface area contributed by atoms with E-state index in [1.165, 1.54) is 4.52 Å². The Hall–Kier alpha value is -1.56. The third-order valence-electron chi connectivity index (χ3n) is 2.19. The summed E-state index contributed by atoms with van der Waals surface area (Å²) in [5, 5.41) is 4.28. The molecule has 4 N–H and O–H groups in total. The highest BCUT2D eigenvalue weighted by Gasteiger charge is 2.11. The monoisotopic (exact) mass is 228 g/mol. The van der Waals surface area contributed by atoms with Gasteiger partial charge in [0.2, 0.25) is 11.9 Å². The van der Waals surface area contributed by atoms with Gasteiger partial charge >= 0.3 is 0 Å². The zero-order valence-corrected chi connectivity index (χ0v) is 9.38. The molecule has 0 saturated carbocycles. The Balaban J connectivity index is 0.00000112. The molecule has 2 aromatic heterocycles. The van der Waals surface area contributed by atoms with E-state index in [-0.39, 0.29) is 24.3 Å². The van der Waals surface area contributed by atoms with Crippen molar-refractivity contribution >= 4 is 30.0 Å². The topological polar surface area (TPSA) is 95.1 Å². The largest absolute Gasteiger partial charge is 0.368 e. The summed E-state index contributed by atoms with van der Waals surface area (Å²) in [5.41, 5.74) is 13.8. The average Bonchev–Trinajstić information content (AvgIpc) is 2.44. The number of hydrogen-bond acceptors (Lipinski definition) is 5. The van der Waals surface area contributed by atoms with Gasteiger partial charge in [-0.2, -0.15) is 19.6 Å². The maximum absolute atomic E-state index is 5.66. The molecule has 2 heterocycles. The standard InChI is InChI=1S/C8H12N6.ClH/c1-3-5-4(2)6-11-7(9)12-8(10)14(6)13-5;/h3H2,1-2H3,(H4,9,10,11,12);1H. The maximum Gasteiger partial charge on any atom is 0.226 e. The van der Waals surface area contributed by atoms with E-state index in [4.69, 9.17) is 11.5 Å². The minimum Gasteiger partial charge on any atom is -0.368 e. The zero-order valence-electron chi connectivity index (χ0n) is 8.56. The first-order valence-electron chi connectivity index (χ1n) is 4.40. The lowest BCUT2D eigenvalue weighted by molar-refractivity contribution is 0.872. The van der Waals surface area contributed by atoms with Crippen molar-refractivity contribution in [2.75, 3.05) is 11.5 Å². The smallest absolute Gasteiger partial charge is 0.226 e. The normalized spacial score (nSPS) is 10.3. The van der Waals surface area contributed by atoms with Crippen LogP contribution in [0.15, 0.2) is 0 Å². The van der Waals surface area contributed by atoms with Gasteiger partial charge < -0.3 is 11.5 Å². The number of rotatable bonds is 1. The van der Waals surface area contributed by atoms with Gasteiger partial charge in [-0.3, -0.25) is 0 Å². The van der Waals surface area contributed by atoms with Crippen molar-refractivity contribution in [3.8, 4) is 0 Å². The van der Waals surface area contributed by atoms with Crippen molar-refractivity contribution in [3.05, 3.63) is 11.3 Å². The van der Waals surface area contributed by atoms with E-state index >= 15 is 0 Å². The van der Waals surface area contributed by atoms with Gasteiger partial charge in [0.05, 0.1) is 5.69 Å². The van der Waals surface area contributed by atoms with Crippen LogP contribution < -0.4 is 11.5 Å². The first kappa shape index (κ1) is 11.5. The summed E-state index contributed by atoms with van der Waals surface area (Å²) in [7, 11) is 0. The highest BCUT2D eigenvalue weighted by atomic mass is 35.5. The summed E-state index contributed by atoms with van der Waals surface area (Å²) in [6, 6.07) is 0. The molecule has 0 amide bonds. The van der Waals surface area contributed by atoms with Gasteiger partial charge in [0.1, 0.15) is 0 Å². The average molecular weight is 229 g/mol. The number of halogens is 1. The second kappa shape index (κ2) is 3.90. The van der Waals surface area contributed by atoms with E-state index in [0.29, 0.717) is 5.65 Å². The SMILES string of the molecule is CCc1nn2c(N)nc(N)nc2c1C.Cl. The first-order chi connectivity index (χ1) is 6.63. The Morgan fingerprint density at radius 3 is 2.53 bits per heavy atom. The van der Waals surface area contributed by atoms with Crippen LogP contribution in [0.3, 0.4) is 0 Å². The van der Waals surface area contributed by atoms with Crippen LogP contribution >= 0.6 is 12.4 Å². The molecule has 2 rings (SSSR count). The minimum absolute atomic E-state index is 0. The van der Waals surface area contributed by atoms with E-state index in [2.05, 4.69) is 15.1 Å². The number of nitrogens with zero attached hydrogens (tertiary/aromatic N) is 4. The highest BCUT2D eigenvalue weighted by Crippen LogP contribution is 2.15. The molecular formula is C8H13ClN6. The molecule has 0 bridgehead atoms. The number of hydrogen-bond donors (Lipinski definition) is 2. The fourth-order valence-electron chi connectivity index (χ4n) is 1.46. The quantitative estimate of drug-likeness (QED) is 0.745. The third kappa shape index (κ3) is 1.68. The number of anilines is 2. The Bertz CT molecular complexity index is 491. The van der Waals surface area contributed by atoms with Crippen molar-refractivity contribution in [1.29, 1.82) is 0 Å². The van der Waals surface area contributed by atoms with Gasteiger partial charge in [0, 0.05) is 5.56 Å². The molecule has 0 aromatic carbocycles. The van der Waals surface area contributed by atoms with Crippen LogP contribution in [0.25, 0.3) is 5.65 Å². The van der Waals surface area contributed by atoms with E-state index in [0.717, 1.165) is 17.7 Å². The molecule has 0 aliphatic carbocycles. The molecule has 2 aromatic rings. The van der Waals surface area contributed by atoms with Crippen LogP contribution in [0.4, 0.5) is 11.9 Å². The summed E-state index contributed by atoms with van der Waals surface area (Å²) >= 11 is 0. The van der Waals surface area contributed by atoms with Gasteiger partial charge in [-0.1, -0.05) is 6.92 Å². The van der Waals surface area contributed by atoms with Gasteiger partial charge in [-0.25, -0.2) is 0 Å². The lowest BCUT2D eigenvalue weighted by Gasteiger charge is -1.98. The van der Waals surface area contributed by atoms with E-state index in [1.807, 2.05) is 13.8 Å². The molecule has 0 aliphatic heterocycles. The second-order valence-corrected chi connectivity index (χ2v) is 3.10. The van der Waals surface area contributed by atoms with E-state index in [1.54, 1.807) is 0 Å². The van der Waals surface area contributed by atoms with Crippen molar-refractivity contribution in [2.24, 2.45) is 0 Å². The number of fused-ring (bicyclic) bond motifs is 1. The molecule has 0 radical (unpaired) electrons. The van der Waals surface area contributed by atoms with Crippen LogP contribution in [0, 0.1) is 6.92 Å². The molecule has 7 heteroatoms. The fourth-order valence-corrected chi connectivity index (χ4v) is 1.46. The summed E-state index contributed by atoms with van der Waals surface area (Å²) < 4.78 is 1.52. The molecule has 0 atom stereocenters. The number of aromatic nitrogens is 4. The summed E-state index contributed by atoms with van der Waals surface area (Å²) in [4.78, 5) is 7.93. The molecular weight excluding hydrogens is 216 g/mol. The summed E-state index contributed by atoms with van der Waals surface area (Å²) in [6.45, 7) is 3.98. The lowest BCUT2D eigenvalue weighted by Crippen LogP contribution is -2.07. The summed E-state index contributed by atoms with van der Waals surface area (Å²) in [6.07, 6.45) is 0.842. The van der Waals surface area contributed by atoms with Crippen LogP contribution in [0.2, 0.25) is 0 Å². The van der Waals surface area contributed by atoms with Crippen LogP contribution in [0.1, 0.15) is 18.2 Å². The molecule has 15 heavy (non-hydrogen) atoms. The van der Waals surface area contributed by atoms with Gasteiger partial charge in [-0.15, -0.1) is 12.4 Å². The van der Waals surface area contributed by atoms with E-state index in [9.17, 15) is 0 Å². The Morgan fingerprint density at radius 1 is 1.27 bits per heavy atom. The molecule has 0 unspecified atom stereocenters. The van der Waals surface area contributed by atoms with Crippen molar-refractivity contribution in [1.82, 2.24) is 19.6 Å². The molecule has 82 valence electrons. The van der Waals surface area contributed by atoms with Crippen LogP contribution in [-0.2, 0) is 6.42 Å². The van der Waals surface area contributed by atoms with Crippen LogP contribution in [-0.4, -0.2) is 19.6 Å². The predicted octanol–water partition coefficient (Wildman–Crippen LogP) is 0.581. The van der Waals surface area contributed by atoms with Crippen molar-refractivity contribution in [3.63, 3.8) is 0 Å². The molecule has 0 saturated heterocycles. The van der Waals surface area contributed by atoms with Crippen LogP contribution in [0.5, 0.6) is 0 Å².